The van der Waals surface area contributed by atoms with E-state index >= 15 is 0 Å². The minimum atomic E-state index is -0.309. The third kappa shape index (κ3) is 6.84. The molecule has 0 bridgehead atoms. The molecule has 0 radical (unpaired) electrons. The van der Waals surface area contributed by atoms with E-state index in [-0.39, 0.29) is 24.0 Å². The van der Waals surface area contributed by atoms with Crippen LogP contribution in [0.1, 0.15) is 48.4 Å². The molecule has 0 heterocycles. The Balaban J connectivity index is 1.75. The number of benzene rings is 3. The summed E-state index contributed by atoms with van der Waals surface area (Å²) in [5.74, 6) is 0.707. The zero-order valence-electron chi connectivity index (χ0n) is 19.3. The number of ether oxygens (including phenoxy) is 2. The van der Waals surface area contributed by atoms with Gasteiger partial charge in [0.1, 0.15) is 11.5 Å². The van der Waals surface area contributed by atoms with Crippen LogP contribution in [0.2, 0.25) is 0 Å². The zero-order valence-corrected chi connectivity index (χ0v) is 22.5. The van der Waals surface area contributed by atoms with Crippen LogP contribution in [0.5, 0.6) is 11.5 Å². The fourth-order valence-electron chi connectivity index (χ4n) is 3.07. The van der Waals surface area contributed by atoms with Crippen molar-refractivity contribution >= 4 is 55.0 Å². The number of carbonyl (C=O) groups is 2. The molecule has 0 aliphatic heterocycles. The average Bonchev–Trinajstić information content (AvgIpc) is 2.77. The van der Waals surface area contributed by atoms with E-state index in [1.54, 1.807) is 60.7 Å². The van der Waals surface area contributed by atoms with Gasteiger partial charge in [0.25, 0.3) is 11.8 Å². The van der Waals surface area contributed by atoms with Crippen LogP contribution in [-0.4, -0.2) is 24.0 Å². The van der Waals surface area contributed by atoms with Gasteiger partial charge < -0.3 is 20.1 Å². The molecular weight excluding hydrogens is 564 g/mol. The van der Waals surface area contributed by atoms with Crippen molar-refractivity contribution in [3.63, 3.8) is 0 Å². The molecule has 0 aromatic heterocycles. The lowest BCUT2D eigenvalue weighted by Gasteiger charge is -2.15. The molecule has 3 aromatic carbocycles. The van der Waals surface area contributed by atoms with Crippen LogP contribution >= 0.6 is 31.9 Å². The highest BCUT2D eigenvalue weighted by Gasteiger charge is 2.15. The number of amides is 2. The predicted molar refractivity (Wildman–Crippen MR) is 142 cm³/mol. The van der Waals surface area contributed by atoms with Gasteiger partial charge in [-0.15, -0.1) is 0 Å². The van der Waals surface area contributed by atoms with Gasteiger partial charge in [0.2, 0.25) is 0 Å². The van der Waals surface area contributed by atoms with Crippen molar-refractivity contribution in [3.8, 4) is 11.5 Å². The van der Waals surface area contributed by atoms with Gasteiger partial charge in [-0.05, 0) is 108 Å². The van der Waals surface area contributed by atoms with Crippen molar-refractivity contribution in [1.82, 2.24) is 0 Å². The molecule has 2 N–H and O–H groups in total. The summed E-state index contributed by atoms with van der Waals surface area (Å²) in [5.41, 5.74) is 1.87. The summed E-state index contributed by atoms with van der Waals surface area (Å²) in [4.78, 5) is 25.7. The first kappa shape index (κ1) is 25.8. The summed E-state index contributed by atoms with van der Waals surface area (Å²) in [6, 6.07) is 17.3. The van der Waals surface area contributed by atoms with Gasteiger partial charge in [0.05, 0.1) is 32.5 Å². The molecule has 3 rings (SSSR count). The summed E-state index contributed by atoms with van der Waals surface area (Å²) in [6.07, 6.45) is 0.0389. The maximum absolute atomic E-state index is 12.9. The Morgan fingerprint density at radius 3 is 1.38 bits per heavy atom. The second kappa shape index (κ2) is 11.5. The quantitative estimate of drug-likeness (QED) is 0.289. The standard InChI is InChI=1S/C26H26Br2N2O4/c1-15(2)33-23-11-9-17(13-19(23)27)25(31)29-21-7-5-6-8-22(21)30-26(32)18-10-12-24(20(28)14-18)34-16(3)4/h5-16H,1-4H3,(H,29,31)(H,30,32). The second-order valence-electron chi connectivity index (χ2n) is 8.08. The van der Waals surface area contributed by atoms with Crippen molar-refractivity contribution in [3.05, 3.63) is 80.7 Å². The fraction of sp³-hybridized carbons (Fsp3) is 0.231. The molecule has 6 nitrogen and oxygen atoms in total. The molecule has 0 saturated heterocycles. The van der Waals surface area contributed by atoms with E-state index in [0.29, 0.717) is 42.9 Å². The summed E-state index contributed by atoms with van der Waals surface area (Å²) in [6.45, 7) is 7.74. The van der Waals surface area contributed by atoms with Gasteiger partial charge in [-0.25, -0.2) is 0 Å². The monoisotopic (exact) mass is 588 g/mol. The Labute approximate surface area is 216 Å². The number of hydrogen-bond donors (Lipinski definition) is 2. The molecule has 2 amide bonds. The molecule has 34 heavy (non-hydrogen) atoms. The van der Waals surface area contributed by atoms with Gasteiger partial charge >= 0.3 is 0 Å². The average molecular weight is 590 g/mol. The number of anilines is 2. The molecule has 0 fully saturated rings. The lowest BCUT2D eigenvalue weighted by molar-refractivity contribution is 0.101. The Hall–Kier alpha value is -2.84. The van der Waals surface area contributed by atoms with Crippen LogP contribution in [0.15, 0.2) is 69.6 Å². The Kier molecular flexibility index (Phi) is 8.74. The number of hydrogen-bond acceptors (Lipinski definition) is 4. The van der Waals surface area contributed by atoms with Gasteiger partial charge in [0, 0.05) is 11.1 Å². The number of halogens is 2. The summed E-state index contributed by atoms with van der Waals surface area (Å²) in [7, 11) is 0. The number of nitrogens with one attached hydrogen (secondary N) is 2. The first-order valence-electron chi connectivity index (χ1n) is 10.8. The summed E-state index contributed by atoms with van der Waals surface area (Å²) >= 11 is 6.90. The number of rotatable bonds is 8. The van der Waals surface area contributed by atoms with Crippen LogP contribution < -0.4 is 20.1 Å². The lowest BCUT2D eigenvalue weighted by atomic mass is 10.1. The highest BCUT2D eigenvalue weighted by molar-refractivity contribution is 9.10. The highest BCUT2D eigenvalue weighted by atomic mass is 79.9. The molecule has 0 atom stereocenters. The third-order valence-corrected chi connectivity index (χ3v) is 5.78. The molecule has 0 spiro atoms. The van der Waals surface area contributed by atoms with Gasteiger partial charge in [0.15, 0.2) is 0 Å². The van der Waals surface area contributed by atoms with Crippen LogP contribution in [0.4, 0.5) is 11.4 Å². The van der Waals surface area contributed by atoms with E-state index in [1.165, 1.54) is 0 Å². The predicted octanol–water partition coefficient (Wildman–Crippen LogP) is 7.29. The van der Waals surface area contributed by atoms with E-state index in [9.17, 15) is 9.59 Å². The largest absolute Gasteiger partial charge is 0.490 e. The molecule has 0 saturated carbocycles. The van der Waals surface area contributed by atoms with E-state index in [1.807, 2.05) is 27.7 Å². The molecule has 0 aliphatic rings. The van der Waals surface area contributed by atoms with Crippen molar-refractivity contribution in [2.24, 2.45) is 0 Å². The number of carbonyl (C=O) groups excluding carboxylic acids is 2. The first-order chi connectivity index (χ1) is 16.1. The van der Waals surface area contributed by atoms with Crippen LogP contribution in [0.25, 0.3) is 0 Å². The normalized spacial score (nSPS) is 10.8. The lowest BCUT2D eigenvalue weighted by Crippen LogP contribution is -2.17. The van der Waals surface area contributed by atoms with Crippen molar-refractivity contribution < 1.29 is 19.1 Å². The number of para-hydroxylation sites is 2. The highest BCUT2D eigenvalue weighted by Crippen LogP contribution is 2.30. The molecule has 178 valence electrons. The zero-order chi connectivity index (χ0) is 24.8. The molecular formula is C26H26Br2N2O4. The topological polar surface area (TPSA) is 76.7 Å². The van der Waals surface area contributed by atoms with Crippen molar-refractivity contribution in [1.29, 1.82) is 0 Å². The van der Waals surface area contributed by atoms with Gasteiger partial charge in [-0.2, -0.15) is 0 Å². The fourth-order valence-corrected chi connectivity index (χ4v) is 4.02. The van der Waals surface area contributed by atoms with E-state index in [0.717, 1.165) is 0 Å². The maximum atomic E-state index is 12.9. The second-order valence-corrected chi connectivity index (χ2v) is 9.79. The minimum Gasteiger partial charge on any atom is -0.490 e. The third-order valence-electron chi connectivity index (χ3n) is 4.54. The molecule has 8 heteroatoms. The SMILES string of the molecule is CC(C)Oc1ccc(C(=O)Nc2ccccc2NC(=O)c2ccc(OC(C)C)c(Br)c2)cc1Br. The summed E-state index contributed by atoms with van der Waals surface area (Å²) < 4.78 is 12.8. The Bertz CT molecular complexity index is 1100. The maximum Gasteiger partial charge on any atom is 0.255 e. The van der Waals surface area contributed by atoms with Gasteiger partial charge in [-0.3, -0.25) is 9.59 Å². The van der Waals surface area contributed by atoms with Crippen molar-refractivity contribution in [2.75, 3.05) is 10.6 Å². The van der Waals surface area contributed by atoms with E-state index < -0.39 is 0 Å². The van der Waals surface area contributed by atoms with E-state index in [2.05, 4.69) is 42.5 Å². The van der Waals surface area contributed by atoms with E-state index in [4.69, 9.17) is 9.47 Å². The van der Waals surface area contributed by atoms with Crippen LogP contribution in [-0.2, 0) is 0 Å². The van der Waals surface area contributed by atoms with Gasteiger partial charge in [-0.1, -0.05) is 12.1 Å². The summed E-state index contributed by atoms with van der Waals surface area (Å²) in [5, 5.41) is 5.74. The minimum absolute atomic E-state index is 0.0195. The molecule has 3 aromatic rings. The van der Waals surface area contributed by atoms with Crippen LogP contribution in [0, 0.1) is 0 Å². The van der Waals surface area contributed by atoms with Crippen LogP contribution in [0.3, 0.4) is 0 Å². The first-order valence-corrected chi connectivity index (χ1v) is 12.4. The Morgan fingerprint density at radius 1 is 0.676 bits per heavy atom. The Morgan fingerprint density at radius 2 is 1.06 bits per heavy atom. The van der Waals surface area contributed by atoms with Crippen molar-refractivity contribution in [2.45, 2.75) is 39.9 Å². The smallest absolute Gasteiger partial charge is 0.255 e. The molecule has 0 aliphatic carbocycles. The molecule has 0 unspecified atom stereocenters.